The van der Waals surface area contributed by atoms with E-state index < -0.39 is 109 Å². The van der Waals surface area contributed by atoms with Gasteiger partial charge in [0, 0.05) is 28.3 Å². The lowest BCUT2D eigenvalue weighted by Crippen LogP contribution is -2.01. The number of fused-ring (bicyclic) bond motifs is 3. The third-order valence-electron chi connectivity index (χ3n) is 9.79. The number of phenols is 3. The first kappa shape index (κ1) is 48.8. The van der Waals surface area contributed by atoms with E-state index in [0.717, 1.165) is 36.4 Å². The molecule has 354 valence electrons. The van der Waals surface area contributed by atoms with Crippen molar-refractivity contribution in [3.63, 3.8) is 0 Å². The second kappa shape index (κ2) is 17.2. The summed E-state index contributed by atoms with van der Waals surface area (Å²) in [4.78, 5) is -4.42. The maximum atomic E-state index is 12.2. The number of rotatable bonds is 12. The van der Waals surface area contributed by atoms with E-state index in [1.165, 1.54) is 37.4 Å². The molecule has 68 heavy (non-hydrogen) atoms. The van der Waals surface area contributed by atoms with E-state index in [9.17, 15) is 80.2 Å². The number of methoxy groups -OCH3 is 1. The summed E-state index contributed by atoms with van der Waals surface area (Å²) in [5, 5.41) is 55.1. The smallest absolute Gasteiger partial charge is 0.298 e. The molecule has 30 heteroatoms. The van der Waals surface area contributed by atoms with Crippen LogP contribution in [0.4, 0.5) is 34.1 Å². The van der Waals surface area contributed by atoms with Gasteiger partial charge in [0.1, 0.15) is 38.5 Å². The highest BCUT2D eigenvalue weighted by Gasteiger charge is 2.27. The molecule has 0 bridgehead atoms. The Balaban J connectivity index is 1.32. The van der Waals surface area contributed by atoms with E-state index in [4.69, 9.17) is 4.74 Å². The van der Waals surface area contributed by atoms with Gasteiger partial charge < -0.3 is 20.1 Å². The van der Waals surface area contributed by atoms with Gasteiger partial charge in [-0.2, -0.15) is 47.2 Å². The number of aromatic hydroxyl groups is 3. The van der Waals surface area contributed by atoms with Crippen LogP contribution in [0.25, 0.3) is 32.3 Å². The van der Waals surface area contributed by atoms with Crippen LogP contribution in [0.2, 0.25) is 0 Å². The van der Waals surface area contributed by atoms with E-state index in [0.29, 0.717) is 23.8 Å². The van der Waals surface area contributed by atoms with Gasteiger partial charge >= 0.3 is 0 Å². The molecule has 0 amide bonds. The lowest BCUT2D eigenvalue weighted by atomic mass is 10.1. The number of hydrogen-bond acceptors (Lipinski definition) is 20. The molecule has 0 saturated heterocycles. The molecule has 7 aromatic rings. The molecular formula is C38H28N6O19S5. The van der Waals surface area contributed by atoms with Crippen LogP contribution in [-0.4, -0.2) is 87.3 Å². The van der Waals surface area contributed by atoms with E-state index in [2.05, 4.69) is 30.7 Å². The van der Waals surface area contributed by atoms with E-state index in [1.54, 1.807) is 6.92 Å². The fourth-order valence-electron chi connectivity index (χ4n) is 6.67. The molecule has 0 fully saturated rings. The first-order chi connectivity index (χ1) is 31.5. The van der Waals surface area contributed by atoms with Gasteiger partial charge in [-0.15, -0.1) is 25.6 Å². The van der Waals surface area contributed by atoms with Crippen molar-refractivity contribution in [2.24, 2.45) is 30.7 Å². The highest BCUT2D eigenvalue weighted by Crippen LogP contribution is 2.47. The highest BCUT2D eigenvalue weighted by molar-refractivity contribution is 7.87. The van der Waals surface area contributed by atoms with Crippen LogP contribution < -0.4 is 4.74 Å². The number of hydrogen-bond donors (Lipinski definition) is 8. The van der Waals surface area contributed by atoms with Crippen molar-refractivity contribution < 1.29 is 84.9 Å². The highest BCUT2D eigenvalue weighted by atomic mass is 32.2. The minimum Gasteiger partial charge on any atom is -0.507 e. The molecule has 0 saturated carbocycles. The first-order valence-corrected chi connectivity index (χ1v) is 25.4. The standard InChI is InChI=1S/C38H28N6O19S5/c1-17-9-28(32(63-2)15-27(17)41-43-29-13-20(65(51,52)53)10-18-11-21(66(54,55)56)14-31(45)35(18)29)42-39-25-6-7-26(24-12-19(64(48,49)50)3-4-22(24)25)40-44-30-16-34(68(60,61)62)37(46)23-5-8-33(67(57,58)59)38(47)36(23)30/h3-16,45-47H,1-2H3,(H,48,49,50)(H,51,52,53)(H,54,55,56)(H,57,58,59)(H,60,61,62). The van der Waals surface area contributed by atoms with Crippen LogP contribution in [0.1, 0.15) is 5.56 Å². The zero-order valence-corrected chi connectivity index (χ0v) is 38.0. The lowest BCUT2D eigenvalue weighted by Gasteiger charge is -2.12. The first-order valence-electron chi connectivity index (χ1n) is 18.2. The monoisotopic (exact) mass is 1030 g/mol. The summed E-state index contributed by atoms with van der Waals surface area (Å²) in [6.45, 7) is 1.54. The van der Waals surface area contributed by atoms with Crippen LogP contribution >= 0.6 is 0 Å². The molecule has 0 aliphatic carbocycles. The molecule has 7 rings (SSSR count). The molecule has 0 radical (unpaired) electrons. The van der Waals surface area contributed by atoms with Gasteiger partial charge in [-0.1, -0.05) is 6.07 Å². The number of benzene rings is 7. The molecule has 0 aromatic heterocycles. The zero-order chi connectivity index (χ0) is 50.1. The Labute approximate surface area is 382 Å². The maximum absolute atomic E-state index is 12.2. The zero-order valence-electron chi connectivity index (χ0n) is 33.9. The average molecular weight is 1030 g/mol. The van der Waals surface area contributed by atoms with E-state index in [1.807, 2.05) is 0 Å². The Morgan fingerprint density at radius 1 is 0.412 bits per heavy atom. The summed E-state index contributed by atoms with van der Waals surface area (Å²) in [7, 11) is -23.8. The van der Waals surface area contributed by atoms with E-state index >= 15 is 0 Å². The molecule has 8 N–H and O–H groups in total. The Hall–Kier alpha value is -7.13. The second-order valence-corrected chi connectivity index (χ2v) is 21.2. The van der Waals surface area contributed by atoms with Gasteiger partial charge in [-0.25, -0.2) is 0 Å². The molecule has 0 unspecified atom stereocenters. The summed E-state index contributed by atoms with van der Waals surface area (Å²) < 4.78 is 174. The van der Waals surface area contributed by atoms with Crippen LogP contribution in [0.3, 0.4) is 0 Å². The normalized spacial score (nSPS) is 13.2. The minimum atomic E-state index is -5.21. The second-order valence-electron chi connectivity index (χ2n) is 14.2. The van der Waals surface area contributed by atoms with Crippen LogP contribution in [-0.2, 0) is 50.6 Å². The Bertz CT molecular complexity index is 4030. The van der Waals surface area contributed by atoms with Crippen LogP contribution in [0.5, 0.6) is 23.0 Å². The molecular weight excluding hydrogens is 1000 g/mol. The van der Waals surface area contributed by atoms with E-state index in [-0.39, 0.29) is 55.7 Å². The molecule has 0 aliphatic rings. The van der Waals surface area contributed by atoms with Crippen LogP contribution in [0.15, 0.2) is 140 Å². The Morgan fingerprint density at radius 2 is 0.912 bits per heavy atom. The van der Waals surface area contributed by atoms with Crippen molar-refractivity contribution in [1.29, 1.82) is 0 Å². The quantitative estimate of drug-likeness (QED) is 0.0423. The number of phenolic OH excluding ortho intramolecular Hbond substituents is 3. The Morgan fingerprint density at radius 3 is 1.47 bits per heavy atom. The topological polar surface area (TPSA) is 416 Å². The lowest BCUT2D eigenvalue weighted by molar-refractivity contribution is 0.416. The maximum Gasteiger partial charge on any atom is 0.298 e. The molecule has 0 heterocycles. The van der Waals surface area contributed by atoms with Crippen molar-refractivity contribution in [3.05, 3.63) is 90.5 Å². The number of azo groups is 3. The fourth-order valence-corrected chi connectivity index (χ4v) is 9.45. The molecule has 25 nitrogen and oxygen atoms in total. The van der Waals surface area contributed by atoms with Crippen LogP contribution in [0, 0.1) is 6.92 Å². The van der Waals surface area contributed by atoms with Crippen molar-refractivity contribution in [2.75, 3.05) is 7.11 Å². The summed E-state index contributed by atoms with van der Waals surface area (Å²) in [5.41, 5.74) is -0.778. The molecule has 0 spiro atoms. The molecule has 0 atom stereocenters. The van der Waals surface area contributed by atoms with Crippen molar-refractivity contribution in [2.45, 2.75) is 31.4 Å². The largest absolute Gasteiger partial charge is 0.507 e. The number of nitrogens with zero attached hydrogens (tertiary/aromatic N) is 6. The minimum absolute atomic E-state index is 0.0136. The fraction of sp³-hybridized carbons (Fsp3) is 0.0526. The summed E-state index contributed by atoms with van der Waals surface area (Å²) in [6.07, 6.45) is 0. The molecule has 7 aromatic carbocycles. The average Bonchev–Trinajstić information content (AvgIpc) is 3.23. The van der Waals surface area contributed by atoms with Gasteiger partial charge in [-0.05, 0) is 84.6 Å². The SMILES string of the molecule is COc1cc(N=Nc2cc(S(=O)(=O)O)cc3cc(S(=O)(=O)O)cc(O)c23)c(C)cc1N=Nc1ccc(N=Nc2cc(S(=O)(=O)O)c(O)c3ccc(S(=O)(=O)O)c(O)c23)c2cc(S(=O)(=O)O)ccc12. The predicted molar refractivity (Wildman–Crippen MR) is 236 cm³/mol. The Kier molecular flexibility index (Phi) is 12.3. The van der Waals surface area contributed by atoms with Gasteiger partial charge in [0.2, 0.25) is 0 Å². The summed E-state index contributed by atoms with van der Waals surface area (Å²) in [5.74, 6) is -3.07. The van der Waals surface area contributed by atoms with Crippen molar-refractivity contribution in [3.8, 4) is 23.0 Å². The van der Waals surface area contributed by atoms with Gasteiger partial charge in [0.25, 0.3) is 50.6 Å². The number of ether oxygens (including phenoxy) is 1. The van der Waals surface area contributed by atoms with Gasteiger partial charge in [0.05, 0.1) is 61.0 Å². The van der Waals surface area contributed by atoms with Gasteiger partial charge in [0.15, 0.2) is 0 Å². The van der Waals surface area contributed by atoms with Crippen molar-refractivity contribution in [1.82, 2.24) is 0 Å². The molecule has 0 aliphatic heterocycles. The summed E-state index contributed by atoms with van der Waals surface area (Å²) >= 11 is 0. The third-order valence-corrected chi connectivity index (χ3v) is 14.1. The van der Waals surface area contributed by atoms with Crippen molar-refractivity contribution >= 4 is 117 Å². The number of aryl methyl sites for hydroxylation is 1. The van der Waals surface area contributed by atoms with Gasteiger partial charge in [-0.3, -0.25) is 22.8 Å². The predicted octanol–water partition coefficient (Wildman–Crippen LogP) is 8.06. The third kappa shape index (κ3) is 9.66. The summed E-state index contributed by atoms with van der Waals surface area (Å²) in [6, 6.07) is 13.6.